The summed E-state index contributed by atoms with van der Waals surface area (Å²) in [7, 11) is 0. The fraction of sp³-hybridized carbons (Fsp3) is 0.591. The molecular formula is C22H27N3O2S. The fourth-order valence-electron chi connectivity index (χ4n) is 4.31. The molecule has 1 amide bonds. The Morgan fingerprint density at radius 1 is 1.29 bits per heavy atom. The van der Waals surface area contributed by atoms with Crippen molar-refractivity contribution in [3.8, 4) is 11.5 Å². The highest BCUT2D eigenvalue weighted by Crippen LogP contribution is 2.48. The number of carbonyl (C=O) groups is 1. The number of aryl methyl sites for hydroxylation is 1. The highest BCUT2D eigenvalue weighted by Gasteiger charge is 2.35. The minimum absolute atomic E-state index is 0.0285. The van der Waals surface area contributed by atoms with Crippen molar-refractivity contribution < 1.29 is 9.32 Å². The smallest absolute Gasteiger partial charge is 0.261 e. The molecule has 0 spiro atoms. The summed E-state index contributed by atoms with van der Waals surface area (Å²) >= 11 is 1.70. The van der Waals surface area contributed by atoms with E-state index in [0.717, 1.165) is 73.3 Å². The van der Waals surface area contributed by atoms with Crippen molar-refractivity contribution in [2.75, 3.05) is 5.32 Å². The molecule has 0 aliphatic heterocycles. The van der Waals surface area contributed by atoms with Gasteiger partial charge in [0.05, 0.1) is 5.56 Å². The number of nitrogens with zero attached hydrogens (tertiary/aromatic N) is 2. The Hall–Kier alpha value is -1.95. The molecule has 3 aliphatic rings. The van der Waals surface area contributed by atoms with Gasteiger partial charge in [0.15, 0.2) is 5.82 Å². The van der Waals surface area contributed by atoms with Crippen molar-refractivity contribution in [1.29, 1.82) is 0 Å². The number of thiophene rings is 1. The molecule has 0 atom stereocenters. The van der Waals surface area contributed by atoms with Gasteiger partial charge in [-0.05, 0) is 68.8 Å². The van der Waals surface area contributed by atoms with Crippen LogP contribution in [0.1, 0.15) is 81.0 Å². The maximum Gasteiger partial charge on any atom is 0.261 e. The van der Waals surface area contributed by atoms with Gasteiger partial charge in [0, 0.05) is 16.4 Å². The second kappa shape index (κ2) is 6.83. The van der Waals surface area contributed by atoms with Gasteiger partial charge in [-0.15, -0.1) is 11.3 Å². The van der Waals surface area contributed by atoms with Crippen LogP contribution in [0.25, 0.3) is 11.5 Å². The number of allylic oxidation sites excluding steroid dienone is 1. The van der Waals surface area contributed by atoms with Crippen molar-refractivity contribution in [2.45, 2.75) is 77.6 Å². The number of rotatable bonds is 4. The molecule has 1 fully saturated rings. The van der Waals surface area contributed by atoms with E-state index in [1.165, 1.54) is 16.9 Å². The summed E-state index contributed by atoms with van der Waals surface area (Å²) < 4.78 is 5.69. The van der Waals surface area contributed by atoms with Crippen LogP contribution in [-0.4, -0.2) is 16.0 Å². The highest BCUT2D eigenvalue weighted by molar-refractivity contribution is 7.17. The molecule has 0 radical (unpaired) electrons. The third-order valence-electron chi connectivity index (χ3n) is 6.18. The van der Waals surface area contributed by atoms with E-state index >= 15 is 0 Å². The number of hydrogen-bond donors (Lipinski definition) is 1. The lowest BCUT2D eigenvalue weighted by atomic mass is 9.76. The fourth-order valence-corrected chi connectivity index (χ4v) is 5.51. The molecule has 6 heteroatoms. The largest absolute Gasteiger partial charge is 0.334 e. The normalized spacial score (nSPS) is 21.1. The minimum Gasteiger partial charge on any atom is -0.334 e. The summed E-state index contributed by atoms with van der Waals surface area (Å²) in [5, 5.41) is 8.30. The Morgan fingerprint density at radius 3 is 2.89 bits per heavy atom. The van der Waals surface area contributed by atoms with Crippen LogP contribution >= 0.6 is 11.3 Å². The van der Waals surface area contributed by atoms with Crippen molar-refractivity contribution in [3.63, 3.8) is 0 Å². The van der Waals surface area contributed by atoms with Gasteiger partial charge in [0.1, 0.15) is 5.00 Å². The third-order valence-corrected chi connectivity index (χ3v) is 7.39. The number of anilines is 1. The molecule has 2 aromatic heterocycles. The molecule has 2 aromatic rings. The molecule has 3 aliphatic carbocycles. The minimum atomic E-state index is 0.0285. The maximum atomic E-state index is 12.9. The van der Waals surface area contributed by atoms with Crippen molar-refractivity contribution >= 4 is 22.2 Å². The van der Waals surface area contributed by atoms with Crippen LogP contribution in [0.3, 0.4) is 0 Å². The number of nitrogens with one attached hydrogen (secondary N) is 1. The monoisotopic (exact) mass is 397 g/mol. The summed E-state index contributed by atoms with van der Waals surface area (Å²) in [6.45, 7) is 4.62. The first-order valence-electron chi connectivity index (χ1n) is 10.5. The number of fused-ring (bicyclic) bond motifs is 1. The zero-order valence-corrected chi connectivity index (χ0v) is 17.5. The molecule has 5 rings (SSSR count). The van der Waals surface area contributed by atoms with Gasteiger partial charge in [0.25, 0.3) is 11.8 Å². The Labute approximate surface area is 169 Å². The van der Waals surface area contributed by atoms with Crippen molar-refractivity contribution in [1.82, 2.24) is 10.1 Å². The molecule has 5 nitrogen and oxygen atoms in total. The summed E-state index contributed by atoms with van der Waals surface area (Å²) in [4.78, 5) is 18.9. The number of aromatic nitrogens is 2. The zero-order chi connectivity index (χ0) is 19.3. The molecule has 0 saturated heterocycles. The molecule has 1 saturated carbocycles. The predicted molar refractivity (Wildman–Crippen MR) is 111 cm³/mol. The Kier molecular flexibility index (Phi) is 4.42. The van der Waals surface area contributed by atoms with Crippen molar-refractivity contribution in [3.05, 3.63) is 27.9 Å². The average Bonchev–Trinajstić information content (AvgIpc) is 3.32. The van der Waals surface area contributed by atoms with E-state index in [2.05, 4.69) is 30.4 Å². The van der Waals surface area contributed by atoms with Gasteiger partial charge in [-0.3, -0.25) is 4.79 Å². The standard InChI is InChI=1S/C22H27N3O2S/c1-22(2)11-10-16-15(12-22)17(20-23-18(25-27-20)13-8-9-13)21(28-16)24-19(26)14-6-4-3-5-7-14/h6,13H,3-5,7-12H2,1-2H3,(H,24,26). The lowest BCUT2D eigenvalue weighted by Crippen LogP contribution is -2.21. The van der Waals surface area contributed by atoms with Gasteiger partial charge >= 0.3 is 0 Å². The van der Waals surface area contributed by atoms with Gasteiger partial charge in [-0.2, -0.15) is 4.98 Å². The molecule has 0 bridgehead atoms. The van der Waals surface area contributed by atoms with E-state index < -0.39 is 0 Å². The topological polar surface area (TPSA) is 68.0 Å². The van der Waals surface area contributed by atoms with Crippen LogP contribution in [0.5, 0.6) is 0 Å². The van der Waals surface area contributed by atoms with E-state index in [-0.39, 0.29) is 11.3 Å². The second-order valence-electron chi connectivity index (χ2n) is 9.21. The summed E-state index contributed by atoms with van der Waals surface area (Å²) in [6.07, 6.45) is 11.7. The quantitative estimate of drug-likeness (QED) is 0.726. The van der Waals surface area contributed by atoms with Crippen LogP contribution in [0.2, 0.25) is 0 Å². The van der Waals surface area contributed by atoms with E-state index in [9.17, 15) is 4.79 Å². The van der Waals surface area contributed by atoms with E-state index in [1.54, 1.807) is 11.3 Å². The third kappa shape index (κ3) is 3.43. The van der Waals surface area contributed by atoms with Crippen LogP contribution in [0.4, 0.5) is 5.00 Å². The SMILES string of the molecule is CC1(C)CCc2sc(NC(=O)C3=CCCCC3)c(-c3nc(C4CC4)no3)c2C1. The maximum absolute atomic E-state index is 12.9. The second-order valence-corrected chi connectivity index (χ2v) is 10.3. The van der Waals surface area contributed by atoms with Crippen LogP contribution < -0.4 is 5.32 Å². The summed E-state index contributed by atoms with van der Waals surface area (Å²) in [5.41, 5.74) is 3.42. The first-order valence-corrected chi connectivity index (χ1v) is 11.3. The Morgan fingerprint density at radius 2 is 2.14 bits per heavy atom. The van der Waals surface area contributed by atoms with E-state index in [0.29, 0.717) is 11.8 Å². The summed E-state index contributed by atoms with van der Waals surface area (Å²) in [5.74, 6) is 1.87. The van der Waals surface area contributed by atoms with Crippen LogP contribution in [0.15, 0.2) is 16.2 Å². The lowest BCUT2D eigenvalue weighted by molar-refractivity contribution is -0.113. The molecule has 0 aromatic carbocycles. The van der Waals surface area contributed by atoms with Gasteiger partial charge in [-0.1, -0.05) is 25.1 Å². The molecule has 148 valence electrons. The van der Waals surface area contributed by atoms with E-state index in [4.69, 9.17) is 9.51 Å². The van der Waals surface area contributed by atoms with Gasteiger partial charge in [0.2, 0.25) is 0 Å². The first-order chi connectivity index (χ1) is 13.5. The van der Waals surface area contributed by atoms with Crippen LogP contribution in [0, 0.1) is 5.41 Å². The number of amides is 1. The van der Waals surface area contributed by atoms with Crippen LogP contribution in [-0.2, 0) is 17.6 Å². The van der Waals surface area contributed by atoms with Gasteiger partial charge < -0.3 is 9.84 Å². The Balaban J connectivity index is 1.53. The first kappa shape index (κ1) is 18.1. The van der Waals surface area contributed by atoms with Gasteiger partial charge in [-0.25, -0.2) is 0 Å². The zero-order valence-electron chi connectivity index (χ0n) is 16.6. The van der Waals surface area contributed by atoms with Crippen molar-refractivity contribution in [2.24, 2.45) is 5.41 Å². The average molecular weight is 398 g/mol. The molecule has 28 heavy (non-hydrogen) atoms. The predicted octanol–water partition coefficient (Wildman–Crippen LogP) is 5.63. The Bertz CT molecular complexity index is 949. The molecule has 1 N–H and O–H groups in total. The number of hydrogen-bond acceptors (Lipinski definition) is 5. The summed E-state index contributed by atoms with van der Waals surface area (Å²) in [6, 6.07) is 0. The molecule has 0 unspecified atom stereocenters. The molecular weight excluding hydrogens is 370 g/mol. The molecule has 2 heterocycles. The lowest BCUT2D eigenvalue weighted by Gasteiger charge is -2.29. The highest BCUT2D eigenvalue weighted by atomic mass is 32.1. The number of carbonyl (C=O) groups excluding carboxylic acids is 1. The van der Waals surface area contributed by atoms with E-state index in [1.807, 2.05) is 0 Å².